The van der Waals surface area contributed by atoms with Gasteiger partial charge in [0.1, 0.15) is 0 Å². The van der Waals surface area contributed by atoms with E-state index in [1.54, 1.807) is 7.11 Å². The SMILES string of the molecule is COC1(CC(NN)c2cnccc2C)CCC1. The van der Waals surface area contributed by atoms with E-state index in [0.717, 1.165) is 19.3 Å². The van der Waals surface area contributed by atoms with Crippen LogP contribution in [0.3, 0.4) is 0 Å². The highest BCUT2D eigenvalue weighted by Crippen LogP contribution is 2.41. The van der Waals surface area contributed by atoms with Crippen molar-refractivity contribution in [1.82, 2.24) is 10.4 Å². The van der Waals surface area contributed by atoms with E-state index in [9.17, 15) is 0 Å². The molecule has 1 aromatic heterocycles. The smallest absolute Gasteiger partial charge is 0.0697 e. The maximum Gasteiger partial charge on any atom is 0.0697 e. The fourth-order valence-electron chi connectivity index (χ4n) is 2.53. The molecule has 0 aromatic carbocycles. The number of nitrogens with two attached hydrogens (primary N) is 1. The maximum atomic E-state index is 5.68. The summed E-state index contributed by atoms with van der Waals surface area (Å²) in [6.07, 6.45) is 8.11. The summed E-state index contributed by atoms with van der Waals surface area (Å²) in [5.41, 5.74) is 5.29. The Morgan fingerprint density at radius 3 is 2.82 bits per heavy atom. The van der Waals surface area contributed by atoms with Gasteiger partial charge in [0.15, 0.2) is 0 Å². The van der Waals surface area contributed by atoms with E-state index >= 15 is 0 Å². The first-order valence-corrected chi connectivity index (χ1v) is 6.12. The Labute approximate surface area is 103 Å². The van der Waals surface area contributed by atoms with Crippen molar-refractivity contribution in [3.8, 4) is 0 Å². The second-order valence-corrected chi connectivity index (χ2v) is 4.90. The van der Waals surface area contributed by atoms with Crippen LogP contribution in [0.25, 0.3) is 0 Å². The standard InChI is InChI=1S/C13H21N3O/c1-10-4-7-15-9-11(10)12(16-14)8-13(17-2)5-3-6-13/h4,7,9,12,16H,3,5-6,8,14H2,1-2H3. The molecule has 1 saturated carbocycles. The third-order valence-electron chi connectivity index (χ3n) is 3.93. The number of ether oxygens (including phenoxy) is 1. The summed E-state index contributed by atoms with van der Waals surface area (Å²) in [7, 11) is 1.79. The molecule has 1 heterocycles. The topological polar surface area (TPSA) is 60.2 Å². The molecule has 0 saturated heterocycles. The quantitative estimate of drug-likeness (QED) is 0.604. The van der Waals surface area contributed by atoms with E-state index in [-0.39, 0.29) is 11.6 Å². The predicted octanol–water partition coefficient (Wildman–Crippen LogP) is 1.85. The summed E-state index contributed by atoms with van der Waals surface area (Å²) in [4.78, 5) is 4.18. The minimum atomic E-state index is 0.0132. The normalized spacial score (nSPS) is 19.7. The Bertz CT molecular complexity index is 371. The third kappa shape index (κ3) is 2.49. The highest BCUT2D eigenvalue weighted by molar-refractivity contribution is 5.25. The maximum absolute atomic E-state index is 5.68. The van der Waals surface area contributed by atoms with Crippen molar-refractivity contribution in [2.45, 2.75) is 44.2 Å². The lowest BCUT2D eigenvalue weighted by Gasteiger charge is -2.42. The van der Waals surface area contributed by atoms with Crippen LogP contribution in [0.15, 0.2) is 18.5 Å². The molecule has 0 aliphatic heterocycles. The van der Waals surface area contributed by atoms with Gasteiger partial charge >= 0.3 is 0 Å². The number of hydrogen-bond donors (Lipinski definition) is 2. The summed E-state index contributed by atoms with van der Waals surface area (Å²) < 4.78 is 5.65. The van der Waals surface area contributed by atoms with E-state index in [1.165, 1.54) is 17.5 Å². The van der Waals surface area contributed by atoms with Crippen LogP contribution in [-0.2, 0) is 4.74 Å². The van der Waals surface area contributed by atoms with E-state index in [1.807, 2.05) is 18.5 Å². The van der Waals surface area contributed by atoms with Gasteiger partial charge in [-0.2, -0.15) is 0 Å². The lowest BCUT2D eigenvalue weighted by Crippen LogP contribution is -2.44. The number of nitrogens with one attached hydrogen (secondary N) is 1. The number of rotatable bonds is 5. The summed E-state index contributed by atoms with van der Waals surface area (Å²) in [6.45, 7) is 2.08. The van der Waals surface area contributed by atoms with Crippen LogP contribution in [0, 0.1) is 6.92 Å². The number of hydrogen-bond acceptors (Lipinski definition) is 4. The van der Waals surface area contributed by atoms with Crippen LogP contribution < -0.4 is 11.3 Å². The summed E-state index contributed by atoms with van der Waals surface area (Å²) in [5, 5.41) is 0. The highest BCUT2D eigenvalue weighted by atomic mass is 16.5. The van der Waals surface area contributed by atoms with Crippen LogP contribution >= 0.6 is 0 Å². The molecule has 0 spiro atoms. The number of methoxy groups -OCH3 is 1. The molecule has 4 nitrogen and oxygen atoms in total. The Kier molecular flexibility index (Phi) is 3.76. The molecule has 1 atom stereocenters. The summed E-state index contributed by atoms with van der Waals surface area (Å²) in [6, 6.07) is 2.13. The van der Waals surface area contributed by atoms with Gasteiger partial charge in [-0.05, 0) is 49.8 Å². The Balaban J connectivity index is 2.14. The Hall–Kier alpha value is -0.970. The van der Waals surface area contributed by atoms with Gasteiger partial charge in [-0.3, -0.25) is 16.3 Å². The van der Waals surface area contributed by atoms with Gasteiger partial charge in [0.25, 0.3) is 0 Å². The fraction of sp³-hybridized carbons (Fsp3) is 0.615. The van der Waals surface area contributed by atoms with Crippen molar-refractivity contribution in [2.75, 3.05) is 7.11 Å². The number of pyridine rings is 1. The van der Waals surface area contributed by atoms with Crippen LogP contribution in [0.2, 0.25) is 0 Å². The van der Waals surface area contributed by atoms with Gasteiger partial charge in [-0.25, -0.2) is 0 Å². The predicted molar refractivity (Wildman–Crippen MR) is 67.2 cm³/mol. The van der Waals surface area contributed by atoms with Crippen molar-refractivity contribution >= 4 is 0 Å². The monoisotopic (exact) mass is 235 g/mol. The van der Waals surface area contributed by atoms with Gasteiger partial charge in [-0.15, -0.1) is 0 Å². The molecule has 1 aliphatic carbocycles. The second kappa shape index (κ2) is 5.12. The number of hydrazine groups is 1. The van der Waals surface area contributed by atoms with E-state index in [0.29, 0.717) is 0 Å². The first-order valence-electron chi connectivity index (χ1n) is 6.12. The van der Waals surface area contributed by atoms with Crippen molar-refractivity contribution in [3.05, 3.63) is 29.6 Å². The van der Waals surface area contributed by atoms with Gasteiger partial charge in [0, 0.05) is 19.5 Å². The fourth-order valence-corrected chi connectivity index (χ4v) is 2.53. The van der Waals surface area contributed by atoms with E-state index < -0.39 is 0 Å². The molecular formula is C13H21N3O. The Morgan fingerprint density at radius 1 is 1.59 bits per heavy atom. The number of aryl methyl sites for hydroxylation is 1. The molecule has 1 aromatic rings. The molecule has 4 heteroatoms. The molecule has 0 radical (unpaired) electrons. The number of nitrogens with zero attached hydrogens (tertiary/aromatic N) is 1. The molecule has 0 bridgehead atoms. The molecule has 0 amide bonds. The summed E-state index contributed by atoms with van der Waals surface area (Å²) in [5.74, 6) is 5.68. The van der Waals surface area contributed by atoms with Crippen molar-refractivity contribution in [2.24, 2.45) is 5.84 Å². The van der Waals surface area contributed by atoms with Crippen LogP contribution in [-0.4, -0.2) is 17.7 Å². The third-order valence-corrected chi connectivity index (χ3v) is 3.93. The lowest BCUT2D eigenvalue weighted by molar-refractivity contribution is -0.0839. The van der Waals surface area contributed by atoms with E-state index in [2.05, 4.69) is 17.3 Å². The zero-order valence-electron chi connectivity index (χ0n) is 10.6. The zero-order chi connectivity index (χ0) is 12.3. The molecule has 1 unspecified atom stereocenters. The number of aromatic nitrogens is 1. The van der Waals surface area contributed by atoms with Crippen LogP contribution in [0.1, 0.15) is 42.9 Å². The van der Waals surface area contributed by atoms with Crippen LogP contribution in [0.5, 0.6) is 0 Å². The lowest BCUT2D eigenvalue weighted by atomic mass is 9.74. The highest BCUT2D eigenvalue weighted by Gasteiger charge is 2.39. The second-order valence-electron chi connectivity index (χ2n) is 4.90. The first-order chi connectivity index (χ1) is 8.21. The molecule has 17 heavy (non-hydrogen) atoms. The largest absolute Gasteiger partial charge is 0.378 e. The minimum absolute atomic E-state index is 0.0132. The molecule has 1 aliphatic rings. The molecule has 94 valence electrons. The zero-order valence-corrected chi connectivity index (χ0v) is 10.6. The van der Waals surface area contributed by atoms with E-state index in [4.69, 9.17) is 10.6 Å². The average molecular weight is 235 g/mol. The van der Waals surface area contributed by atoms with Crippen molar-refractivity contribution in [3.63, 3.8) is 0 Å². The average Bonchev–Trinajstić information content (AvgIpc) is 2.30. The molecule has 2 rings (SSSR count). The Morgan fingerprint density at radius 2 is 2.35 bits per heavy atom. The van der Waals surface area contributed by atoms with Crippen LogP contribution in [0.4, 0.5) is 0 Å². The van der Waals surface area contributed by atoms with Crippen molar-refractivity contribution in [1.29, 1.82) is 0 Å². The molecular weight excluding hydrogens is 214 g/mol. The van der Waals surface area contributed by atoms with Crippen molar-refractivity contribution < 1.29 is 4.74 Å². The molecule has 3 N–H and O–H groups in total. The first kappa shape index (κ1) is 12.5. The van der Waals surface area contributed by atoms with Gasteiger partial charge < -0.3 is 4.74 Å². The van der Waals surface area contributed by atoms with Gasteiger partial charge in [0.05, 0.1) is 11.6 Å². The van der Waals surface area contributed by atoms with Gasteiger partial charge in [-0.1, -0.05) is 0 Å². The minimum Gasteiger partial charge on any atom is -0.378 e. The van der Waals surface area contributed by atoms with Gasteiger partial charge in [0.2, 0.25) is 0 Å². The molecule has 1 fully saturated rings. The summed E-state index contributed by atoms with van der Waals surface area (Å²) >= 11 is 0.